The van der Waals surface area contributed by atoms with Gasteiger partial charge in [-0.15, -0.1) is 0 Å². The molecule has 5 nitrogen and oxygen atoms in total. The molecule has 3 N–H and O–H groups in total. The lowest BCUT2D eigenvalue weighted by Crippen LogP contribution is -2.30. The molecule has 0 unspecified atom stereocenters. The Balaban J connectivity index is 2.66. The van der Waals surface area contributed by atoms with Crippen molar-refractivity contribution in [2.45, 2.75) is 39.7 Å². The average Bonchev–Trinajstić information content (AvgIpc) is 2.40. The van der Waals surface area contributed by atoms with Gasteiger partial charge in [-0.05, 0) is 64.5 Å². The summed E-state index contributed by atoms with van der Waals surface area (Å²) < 4.78 is 0. The predicted octanol–water partition coefficient (Wildman–Crippen LogP) is 2.07. The van der Waals surface area contributed by atoms with Gasteiger partial charge in [-0.2, -0.15) is 0 Å². The van der Waals surface area contributed by atoms with E-state index in [-0.39, 0.29) is 17.9 Å². The Morgan fingerprint density at radius 1 is 1.24 bits per heavy atom. The molecular formula is C16H25N3O2. The summed E-state index contributed by atoms with van der Waals surface area (Å²) in [4.78, 5) is 23.7. The number of rotatable bonds is 7. The van der Waals surface area contributed by atoms with Gasteiger partial charge in [-0.1, -0.05) is 0 Å². The lowest BCUT2D eigenvalue weighted by molar-refractivity contribution is -0.116. The molecule has 0 aliphatic heterocycles. The van der Waals surface area contributed by atoms with Gasteiger partial charge < -0.3 is 16.0 Å². The minimum Gasteiger partial charge on any atom is -0.350 e. The third-order valence-electron chi connectivity index (χ3n) is 3.01. The normalized spacial score (nSPS) is 10.5. The fraction of sp³-hybridized carbons (Fsp3) is 0.500. The molecule has 0 heterocycles. The first kappa shape index (κ1) is 17.2. The smallest absolute Gasteiger partial charge is 0.251 e. The number of carbonyl (C=O) groups is 2. The van der Waals surface area contributed by atoms with Crippen LogP contribution >= 0.6 is 0 Å². The summed E-state index contributed by atoms with van der Waals surface area (Å²) >= 11 is 0. The molecule has 0 aliphatic carbocycles. The van der Waals surface area contributed by atoms with Gasteiger partial charge in [0.2, 0.25) is 5.91 Å². The van der Waals surface area contributed by atoms with Crippen LogP contribution < -0.4 is 16.0 Å². The van der Waals surface area contributed by atoms with Crippen molar-refractivity contribution in [1.29, 1.82) is 0 Å². The zero-order chi connectivity index (χ0) is 15.8. The van der Waals surface area contributed by atoms with Gasteiger partial charge in [-0.25, -0.2) is 0 Å². The molecule has 116 valence electrons. The van der Waals surface area contributed by atoms with E-state index >= 15 is 0 Å². The highest BCUT2D eigenvalue weighted by Crippen LogP contribution is 2.17. The van der Waals surface area contributed by atoms with E-state index in [1.54, 1.807) is 18.2 Å². The second-order valence-corrected chi connectivity index (χ2v) is 5.41. The fourth-order valence-electron chi connectivity index (χ4n) is 1.93. The molecule has 0 atom stereocenters. The molecule has 1 aromatic carbocycles. The van der Waals surface area contributed by atoms with Gasteiger partial charge in [0.05, 0.1) is 0 Å². The second-order valence-electron chi connectivity index (χ2n) is 5.41. The number of hydrogen-bond acceptors (Lipinski definition) is 3. The van der Waals surface area contributed by atoms with Crippen molar-refractivity contribution in [3.05, 3.63) is 29.3 Å². The summed E-state index contributed by atoms with van der Waals surface area (Å²) in [6, 6.07) is 5.40. The molecule has 0 bridgehead atoms. The maximum Gasteiger partial charge on any atom is 0.251 e. The predicted molar refractivity (Wildman–Crippen MR) is 85.6 cm³/mol. The first-order valence-electron chi connectivity index (χ1n) is 7.30. The number of amides is 2. The highest BCUT2D eigenvalue weighted by atomic mass is 16.2. The molecule has 21 heavy (non-hydrogen) atoms. The van der Waals surface area contributed by atoms with E-state index in [9.17, 15) is 9.59 Å². The summed E-state index contributed by atoms with van der Waals surface area (Å²) in [5, 5.41) is 8.73. The minimum atomic E-state index is -0.0972. The lowest BCUT2D eigenvalue weighted by Gasteiger charge is -2.12. The summed E-state index contributed by atoms with van der Waals surface area (Å²) in [5.41, 5.74) is 2.24. The van der Waals surface area contributed by atoms with Crippen LogP contribution in [0.4, 0.5) is 5.69 Å². The van der Waals surface area contributed by atoms with Crippen LogP contribution in [-0.4, -0.2) is 31.4 Å². The maximum absolute atomic E-state index is 11.9. The van der Waals surface area contributed by atoms with Crippen LogP contribution in [0, 0.1) is 6.92 Å². The zero-order valence-electron chi connectivity index (χ0n) is 13.2. The molecule has 0 fully saturated rings. The molecule has 0 saturated heterocycles. The van der Waals surface area contributed by atoms with E-state index in [0.29, 0.717) is 12.0 Å². The quantitative estimate of drug-likeness (QED) is 0.674. The molecule has 0 radical (unpaired) electrons. The molecule has 0 aromatic heterocycles. The largest absolute Gasteiger partial charge is 0.350 e. The summed E-state index contributed by atoms with van der Waals surface area (Å²) in [6.45, 7) is 6.55. The van der Waals surface area contributed by atoms with Gasteiger partial charge in [0.15, 0.2) is 0 Å². The molecular weight excluding hydrogens is 266 g/mol. The van der Waals surface area contributed by atoms with Crippen molar-refractivity contribution in [1.82, 2.24) is 10.6 Å². The van der Waals surface area contributed by atoms with Crippen molar-refractivity contribution in [2.24, 2.45) is 0 Å². The molecule has 2 amide bonds. The number of benzene rings is 1. The number of nitrogens with one attached hydrogen (secondary N) is 3. The monoisotopic (exact) mass is 291 g/mol. The Morgan fingerprint density at radius 2 is 1.95 bits per heavy atom. The van der Waals surface area contributed by atoms with Crippen molar-refractivity contribution in [3.63, 3.8) is 0 Å². The van der Waals surface area contributed by atoms with E-state index < -0.39 is 0 Å². The van der Waals surface area contributed by atoms with Crippen molar-refractivity contribution in [2.75, 3.05) is 18.9 Å². The van der Waals surface area contributed by atoms with Gasteiger partial charge in [0.25, 0.3) is 5.91 Å². The lowest BCUT2D eigenvalue weighted by atomic mass is 10.1. The average molecular weight is 291 g/mol. The van der Waals surface area contributed by atoms with Crippen LogP contribution in [0.15, 0.2) is 18.2 Å². The van der Waals surface area contributed by atoms with E-state index in [1.165, 1.54) is 0 Å². The van der Waals surface area contributed by atoms with E-state index in [0.717, 1.165) is 24.2 Å². The molecule has 0 aliphatic rings. The fourth-order valence-corrected chi connectivity index (χ4v) is 1.93. The number of carbonyl (C=O) groups excluding carboxylic acids is 2. The van der Waals surface area contributed by atoms with Crippen molar-refractivity contribution >= 4 is 17.5 Å². The molecule has 1 aromatic rings. The minimum absolute atomic E-state index is 0.00673. The number of aryl methyl sites for hydroxylation is 1. The Hall–Kier alpha value is -1.88. The summed E-state index contributed by atoms with van der Waals surface area (Å²) in [5.74, 6) is -0.104. The van der Waals surface area contributed by atoms with E-state index in [4.69, 9.17) is 0 Å². The zero-order valence-corrected chi connectivity index (χ0v) is 13.2. The van der Waals surface area contributed by atoms with Crippen LogP contribution in [0.5, 0.6) is 0 Å². The molecule has 5 heteroatoms. The first-order chi connectivity index (χ1) is 9.93. The second kappa shape index (κ2) is 8.42. The van der Waals surface area contributed by atoms with Crippen molar-refractivity contribution in [3.8, 4) is 0 Å². The molecule has 0 spiro atoms. The van der Waals surface area contributed by atoms with Crippen LogP contribution in [-0.2, 0) is 4.79 Å². The summed E-state index contributed by atoms with van der Waals surface area (Å²) in [7, 11) is 1.86. The van der Waals surface area contributed by atoms with Gasteiger partial charge >= 0.3 is 0 Å². The summed E-state index contributed by atoms with van der Waals surface area (Å²) in [6.07, 6.45) is 1.28. The van der Waals surface area contributed by atoms with Crippen LogP contribution in [0.2, 0.25) is 0 Å². The third-order valence-corrected chi connectivity index (χ3v) is 3.01. The highest BCUT2D eigenvalue weighted by molar-refractivity contribution is 5.96. The van der Waals surface area contributed by atoms with Crippen molar-refractivity contribution < 1.29 is 9.59 Å². The van der Waals surface area contributed by atoms with Crippen LogP contribution in [0.1, 0.15) is 42.6 Å². The molecule has 1 rings (SSSR count). The Labute approximate surface area is 126 Å². The van der Waals surface area contributed by atoms with Gasteiger partial charge in [0.1, 0.15) is 0 Å². The Morgan fingerprint density at radius 3 is 2.52 bits per heavy atom. The van der Waals surface area contributed by atoms with E-state index in [2.05, 4.69) is 16.0 Å². The van der Waals surface area contributed by atoms with E-state index in [1.807, 2.05) is 27.8 Å². The van der Waals surface area contributed by atoms with Crippen LogP contribution in [0.3, 0.4) is 0 Å². The van der Waals surface area contributed by atoms with Crippen LogP contribution in [0.25, 0.3) is 0 Å². The number of anilines is 1. The molecule has 0 saturated carbocycles. The van der Waals surface area contributed by atoms with Gasteiger partial charge in [0, 0.05) is 23.7 Å². The standard InChI is InChI=1S/C16H25N3O2/c1-11(2)18-16(21)13-7-8-14(12(3)10-13)19-15(20)6-5-9-17-4/h7-8,10-11,17H,5-6,9H2,1-4H3,(H,18,21)(H,19,20). The van der Waals surface area contributed by atoms with Gasteiger partial charge in [-0.3, -0.25) is 9.59 Å². The highest BCUT2D eigenvalue weighted by Gasteiger charge is 2.10. The Kier molecular flexibility index (Phi) is 6.88. The topological polar surface area (TPSA) is 70.2 Å². The Bertz CT molecular complexity index is 498. The third kappa shape index (κ3) is 5.95. The first-order valence-corrected chi connectivity index (χ1v) is 7.30. The number of hydrogen-bond donors (Lipinski definition) is 3. The maximum atomic E-state index is 11.9. The SMILES string of the molecule is CNCCCC(=O)Nc1ccc(C(=O)NC(C)C)cc1C.